The van der Waals surface area contributed by atoms with E-state index < -0.39 is 0 Å². The van der Waals surface area contributed by atoms with Gasteiger partial charge in [-0.3, -0.25) is 4.79 Å². The Morgan fingerprint density at radius 2 is 2.00 bits per heavy atom. The van der Waals surface area contributed by atoms with Gasteiger partial charge in [-0.15, -0.1) is 0 Å². The standard InChI is InChI=1S/C13H23NO/c1-13(2)10-14(8-7-12(13)15)9-11-5-3-4-6-11/h11H,3-10H2,1-2H3. The third-order valence-electron chi connectivity index (χ3n) is 4.02. The van der Waals surface area contributed by atoms with Gasteiger partial charge < -0.3 is 4.90 Å². The summed E-state index contributed by atoms with van der Waals surface area (Å²) in [5.74, 6) is 1.36. The Hall–Kier alpha value is -0.370. The molecule has 1 saturated carbocycles. The Morgan fingerprint density at radius 1 is 1.33 bits per heavy atom. The molecule has 0 spiro atoms. The summed E-state index contributed by atoms with van der Waals surface area (Å²) in [5, 5.41) is 0. The summed E-state index contributed by atoms with van der Waals surface area (Å²) in [6.45, 7) is 7.39. The van der Waals surface area contributed by atoms with Gasteiger partial charge in [-0.25, -0.2) is 0 Å². The van der Waals surface area contributed by atoms with E-state index in [2.05, 4.69) is 18.7 Å². The molecule has 2 rings (SSSR count). The zero-order valence-corrected chi connectivity index (χ0v) is 10.1. The maximum atomic E-state index is 11.7. The first-order valence-electron chi connectivity index (χ1n) is 6.33. The number of hydrogen-bond donors (Lipinski definition) is 0. The Kier molecular flexibility index (Phi) is 3.15. The monoisotopic (exact) mass is 209 g/mol. The molecule has 86 valence electrons. The van der Waals surface area contributed by atoms with Crippen LogP contribution in [0.3, 0.4) is 0 Å². The summed E-state index contributed by atoms with van der Waals surface area (Å²) in [6, 6.07) is 0. The number of carbonyl (C=O) groups excluding carboxylic acids is 1. The molecule has 0 aromatic carbocycles. The molecule has 2 nitrogen and oxygen atoms in total. The lowest BCUT2D eigenvalue weighted by atomic mass is 9.82. The van der Waals surface area contributed by atoms with Crippen molar-refractivity contribution in [2.24, 2.45) is 11.3 Å². The summed E-state index contributed by atoms with van der Waals surface area (Å²) in [6.07, 6.45) is 6.41. The number of nitrogens with zero attached hydrogens (tertiary/aromatic N) is 1. The predicted octanol–water partition coefficient (Wildman–Crippen LogP) is 2.48. The molecular weight excluding hydrogens is 186 g/mol. The van der Waals surface area contributed by atoms with Crippen molar-refractivity contribution >= 4 is 5.78 Å². The summed E-state index contributed by atoms with van der Waals surface area (Å²) in [4.78, 5) is 14.2. The van der Waals surface area contributed by atoms with Crippen molar-refractivity contribution in [3.05, 3.63) is 0 Å². The topological polar surface area (TPSA) is 20.3 Å². The van der Waals surface area contributed by atoms with E-state index in [0.29, 0.717) is 5.78 Å². The fraction of sp³-hybridized carbons (Fsp3) is 0.923. The summed E-state index contributed by atoms with van der Waals surface area (Å²) in [5.41, 5.74) is -0.100. The molecule has 0 aromatic heterocycles. The van der Waals surface area contributed by atoms with Crippen LogP contribution in [0.2, 0.25) is 0 Å². The van der Waals surface area contributed by atoms with Gasteiger partial charge in [0.1, 0.15) is 5.78 Å². The van der Waals surface area contributed by atoms with Gasteiger partial charge in [-0.05, 0) is 18.8 Å². The Balaban J connectivity index is 1.86. The highest BCUT2D eigenvalue weighted by atomic mass is 16.1. The van der Waals surface area contributed by atoms with Crippen LogP contribution >= 0.6 is 0 Å². The maximum Gasteiger partial charge on any atom is 0.141 e. The Morgan fingerprint density at radius 3 is 2.60 bits per heavy atom. The predicted molar refractivity (Wildman–Crippen MR) is 61.8 cm³/mol. The minimum atomic E-state index is -0.100. The van der Waals surface area contributed by atoms with E-state index in [4.69, 9.17) is 0 Å². The molecular formula is C13H23NO. The average molecular weight is 209 g/mol. The van der Waals surface area contributed by atoms with Gasteiger partial charge in [-0.2, -0.15) is 0 Å². The van der Waals surface area contributed by atoms with Crippen LogP contribution in [-0.2, 0) is 4.79 Å². The Labute approximate surface area is 93.0 Å². The van der Waals surface area contributed by atoms with E-state index in [1.807, 2.05) is 0 Å². The fourth-order valence-electron chi connectivity index (χ4n) is 3.04. The van der Waals surface area contributed by atoms with Gasteiger partial charge in [0, 0.05) is 31.5 Å². The quantitative estimate of drug-likeness (QED) is 0.696. The molecule has 0 N–H and O–H groups in total. The van der Waals surface area contributed by atoms with Crippen LogP contribution in [0, 0.1) is 11.3 Å². The van der Waals surface area contributed by atoms with Crippen LogP contribution in [0.4, 0.5) is 0 Å². The van der Waals surface area contributed by atoms with Gasteiger partial charge in [0.25, 0.3) is 0 Å². The fourth-order valence-corrected chi connectivity index (χ4v) is 3.04. The molecule has 1 heterocycles. The maximum absolute atomic E-state index is 11.7. The van der Waals surface area contributed by atoms with Crippen LogP contribution in [0.25, 0.3) is 0 Å². The molecule has 0 aromatic rings. The molecule has 2 fully saturated rings. The first kappa shape index (κ1) is 11.1. The molecule has 1 aliphatic carbocycles. The van der Waals surface area contributed by atoms with Crippen LogP contribution < -0.4 is 0 Å². The second-order valence-electron chi connectivity index (χ2n) is 5.94. The van der Waals surface area contributed by atoms with E-state index in [9.17, 15) is 4.79 Å². The highest BCUT2D eigenvalue weighted by molar-refractivity contribution is 5.85. The number of likely N-dealkylation sites (tertiary alicyclic amines) is 1. The van der Waals surface area contributed by atoms with E-state index in [0.717, 1.165) is 25.4 Å². The molecule has 15 heavy (non-hydrogen) atoms. The third-order valence-corrected chi connectivity index (χ3v) is 4.02. The van der Waals surface area contributed by atoms with Crippen molar-refractivity contribution in [3.63, 3.8) is 0 Å². The van der Waals surface area contributed by atoms with Gasteiger partial charge in [0.2, 0.25) is 0 Å². The zero-order valence-electron chi connectivity index (χ0n) is 10.1. The molecule has 2 aliphatic rings. The van der Waals surface area contributed by atoms with Gasteiger partial charge in [0.05, 0.1) is 0 Å². The van der Waals surface area contributed by atoms with Gasteiger partial charge in [0.15, 0.2) is 0 Å². The lowest BCUT2D eigenvalue weighted by molar-refractivity contribution is -0.131. The van der Waals surface area contributed by atoms with Crippen molar-refractivity contribution < 1.29 is 4.79 Å². The smallest absolute Gasteiger partial charge is 0.141 e. The van der Waals surface area contributed by atoms with Crippen LogP contribution in [0.1, 0.15) is 46.0 Å². The SMILES string of the molecule is CC1(C)CN(CC2CCCC2)CCC1=O. The van der Waals surface area contributed by atoms with E-state index in [1.54, 1.807) is 0 Å². The zero-order chi connectivity index (χ0) is 10.9. The minimum Gasteiger partial charge on any atom is -0.302 e. The van der Waals surface area contributed by atoms with Crippen molar-refractivity contribution in [3.8, 4) is 0 Å². The third kappa shape index (κ3) is 2.60. The molecule has 0 atom stereocenters. The van der Waals surface area contributed by atoms with Crippen LogP contribution in [0.5, 0.6) is 0 Å². The number of carbonyl (C=O) groups is 1. The summed E-state index contributed by atoms with van der Waals surface area (Å²) >= 11 is 0. The second-order valence-corrected chi connectivity index (χ2v) is 5.94. The first-order chi connectivity index (χ1) is 7.08. The Bertz CT molecular complexity index is 241. The van der Waals surface area contributed by atoms with E-state index in [-0.39, 0.29) is 5.41 Å². The average Bonchev–Trinajstić information content (AvgIpc) is 2.63. The molecule has 0 radical (unpaired) electrons. The van der Waals surface area contributed by atoms with Crippen LogP contribution in [-0.4, -0.2) is 30.3 Å². The van der Waals surface area contributed by atoms with Crippen molar-refractivity contribution in [1.29, 1.82) is 0 Å². The number of Topliss-reactive ketones (excluding diaryl/α,β-unsaturated/α-hetero) is 1. The lowest BCUT2D eigenvalue weighted by Crippen LogP contribution is -2.47. The van der Waals surface area contributed by atoms with E-state index in [1.165, 1.54) is 32.2 Å². The lowest BCUT2D eigenvalue weighted by Gasteiger charge is -2.37. The first-order valence-corrected chi connectivity index (χ1v) is 6.33. The number of rotatable bonds is 2. The molecule has 1 aliphatic heterocycles. The highest BCUT2D eigenvalue weighted by Crippen LogP contribution is 2.29. The molecule has 0 bridgehead atoms. The second kappa shape index (κ2) is 4.25. The highest BCUT2D eigenvalue weighted by Gasteiger charge is 2.34. The molecule has 1 saturated heterocycles. The molecule has 0 unspecified atom stereocenters. The summed E-state index contributed by atoms with van der Waals surface area (Å²) in [7, 11) is 0. The summed E-state index contributed by atoms with van der Waals surface area (Å²) < 4.78 is 0. The number of ketones is 1. The molecule has 2 heteroatoms. The van der Waals surface area contributed by atoms with Crippen LogP contribution in [0.15, 0.2) is 0 Å². The van der Waals surface area contributed by atoms with Gasteiger partial charge in [-0.1, -0.05) is 26.7 Å². The largest absolute Gasteiger partial charge is 0.302 e. The molecule has 0 amide bonds. The number of piperidine rings is 1. The van der Waals surface area contributed by atoms with Crippen molar-refractivity contribution in [1.82, 2.24) is 4.90 Å². The minimum absolute atomic E-state index is 0.100. The van der Waals surface area contributed by atoms with E-state index >= 15 is 0 Å². The normalized spacial score (nSPS) is 28.5. The van der Waals surface area contributed by atoms with Gasteiger partial charge >= 0.3 is 0 Å². The van der Waals surface area contributed by atoms with Crippen molar-refractivity contribution in [2.75, 3.05) is 19.6 Å². The number of hydrogen-bond acceptors (Lipinski definition) is 2. The van der Waals surface area contributed by atoms with Crippen molar-refractivity contribution in [2.45, 2.75) is 46.0 Å².